The second-order valence-electron chi connectivity index (χ2n) is 7.00. The van der Waals surface area contributed by atoms with E-state index in [0.29, 0.717) is 23.1 Å². The Morgan fingerprint density at radius 2 is 1.88 bits per heavy atom. The first kappa shape index (κ1) is 17.9. The summed E-state index contributed by atoms with van der Waals surface area (Å²) in [5, 5.41) is 0. The first-order chi connectivity index (χ1) is 11.4. The van der Waals surface area contributed by atoms with Crippen LogP contribution in [0.4, 0.5) is 0 Å². The second kappa shape index (κ2) is 7.14. The Morgan fingerprint density at radius 1 is 1.12 bits per heavy atom. The molecule has 0 aliphatic carbocycles. The van der Waals surface area contributed by atoms with Gasteiger partial charge in [-0.1, -0.05) is 6.92 Å². The number of rotatable bonds is 3. The molecule has 2 saturated heterocycles. The summed E-state index contributed by atoms with van der Waals surface area (Å²) in [6.07, 6.45) is 4.55. The molecule has 5 nitrogen and oxygen atoms in total. The lowest BCUT2D eigenvalue weighted by atomic mass is 10.0. The maximum Gasteiger partial charge on any atom is 0.253 e. The van der Waals surface area contributed by atoms with Gasteiger partial charge in [0, 0.05) is 24.5 Å². The maximum absolute atomic E-state index is 13.0. The molecule has 2 aliphatic heterocycles. The van der Waals surface area contributed by atoms with E-state index in [2.05, 4.69) is 6.92 Å². The number of carbonyl (C=O) groups excluding carboxylic acids is 1. The van der Waals surface area contributed by atoms with Crippen molar-refractivity contribution in [1.82, 2.24) is 9.21 Å². The van der Waals surface area contributed by atoms with E-state index in [1.807, 2.05) is 17.9 Å². The van der Waals surface area contributed by atoms with E-state index in [9.17, 15) is 13.2 Å². The summed E-state index contributed by atoms with van der Waals surface area (Å²) >= 11 is 1.28. The molecule has 1 aromatic heterocycles. The van der Waals surface area contributed by atoms with Gasteiger partial charge in [0.2, 0.25) is 5.91 Å². The smallest absolute Gasteiger partial charge is 0.253 e. The van der Waals surface area contributed by atoms with E-state index in [1.54, 1.807) is 6.07 Å². The molecule has 0 bridgehead atoms. The summed E-state index contributed by atoms with van der Waals surface area (Å²) in [4.78, 5) is 15.8. The fourth-order valence-electron chi connectivity index (χ4n) is 3.64. The van der Waals surface area contributed by atoms with Gasteiger partial charge in [-0.05, 0) is 57.1 Å². The summed E-state index contributed by atoms with van der Waals surface area (Å²) in [6, 6.07) is 2.95. The molecule has 1 amide bonds. The highest BCUT2D eigenvalue weighted by Crippen LogP contribution is 2.31. The van der Waals surface area contributed by atoms with Gasteiger partial charge >= 0.3 is 0 Å². The predicted octanol–water partition coefficient (Wildman–Crippen LogP) is 2.86. The number of aryl methyl sites for hydroxylation is 1. The third-order valence-electron chi connectivity index (χ3n) is 5.10. The SMILES string of the molecule is Cc1ccc(S(=O)(=O)N2CCCC2C(=O)N2CCCC(C)CC2)s1. The molecule has 0 spiro atoms. The number of nitrogens with zero attached hydrogens (tertiary/aromatic N) is 2. The topological polar surface area (TPSA) is 57.7 Å². The van der Waals surface area contributed by atoms with Gasteiger partial charge < -0.3 is 4.90 Å². The van der Waals surface area contributed by atoms with Crippen LogP contribution in [-0.2, 0) is 14.8 Å². The number of carbonyl (C=O) groups is 1. The summed E-state index contributed by atoms with van der Waals surface area (Å²) in [5.41, 5.74) is 0. The third kappa shape index (κ3) is 3.53. The Hall–Kier alpha value is -0.920. The molecule has 134 valence electrons. The van der Waals surface area contributed by atoms with Crippen LogP contribution in [0, 0.1) is 12.8 Å². The zero-order valence-corrected chi connectivity index (χ0v) is 16.0. The van der Waals surface area contributed by atoms with Crippen molar-refractivity contribution in [3.8, 4) is 0 Å². The second-order valence-corrected chi connectivity index (χ2v) is 10.4. The van der Waals surface area contributed by atoms with Gasteiger partial charge in [-0.3, -0.25) is 4.79 Å². The van der Waals surface area contributed by atoms with Crippen LogP contribution in [0.3, 0.4) is 0 Å². The van der Waals surface area contributed by atoms with Crippen molar-refractivity contribution in [1.29, 1.82) is 0 Å². The van der Waals surface area contributed by atoms with Gasteiger partial charge in [-0.25, -0.2) is 8.42 Å². The number of sulfonamides is 1. The highest BCUT2D eigenvalue weighted by Gasteiger charge is 2.41. The van der Waals surface area contributed by atoms with E-state index >= 15 is 0 Å². The summed E-state index contributed by atoms with van der Waals surface area (Å²) in [7, 11) is -3.57. The highest BCUT2D eigenvalue weighted by molar-refractivity contribution is 7.91. The Kier molecular flexibility index (Phi) is 5.32. The van der Waals surface area contributed by atoms with Gasteiger partial charge in [-0.15, -0.1) is 11.3 Å². The highest BCUT2D eigenvalue weighted by atomic mass is 32.2. The molecular formula is C17H26N2O3S2. The number of likely N-dealkylation sites (tertiary alicyclic amines) is 1. The molecule has 3 rings (SSSR count). The van der Waals surface area contributed by atoms with Crippen molar-refractivity contribution < 1.29 is 13.2 Å². The minimum Gasteiger partial charge on any atom is -0.341 e. The lowest BCUT2D eigenvalue weighted by molar-refractivity contribution is -0.134. The first-order valence-corrected chi connectivity index (χ1v) is 11.0. The minimum absolute atomic E-state index is 0.00143. The lowest BCUT2D eigenvalue weighted by Gasteiger charge is -2.28. The molecular weight excluding hydrogens is 344 g/mol. The van der Waals surface area contributed by atoms with E-state index in [4.69, 9.17) is 0 Å². The molecule has 7 heteroatoms. The zero-order chi connectivity index (χ0) is 17.3. The lowest BCUT2D eigenvalue weighted by Crippen LogP contribution is -2.47. The van der Waals surface area contributed by atoms with Gasteiger partial charge in [0.15, 0.2) is 0 Å². The van der Waals surface area contributed by atoms with Crippen molar-refractivity contribution in [2.45, 2.75) is 56.2 Å². The Bertz CT molecular complexity index is 698. The Labute approximate surface area is 148 Å². The van der Waals surface area contributed by atoms with Crippen LogP contribution < -0.4 is 0 Å². The maximum atomic E-state index is 13.0. The summed E-state index contributed by atoms with van der Waals surface area (Å²) in [5.74, 6) is 0.638. The van der Waals surface area contributed by atoms with Crippen molar-refractivity contribution in [2.24, 2.45) is 5.92 Å². The molecule has 0 N–H and O–H groups in total. The molecule has 2 unspecified atom stereocenters. The van der Waals surface area contributed by atoms with Crippen LogP contribution in [-0.4, -0.2) is 49.2 Å². The Morgan fingerprint density at radius 3 is 2.58 bits per heavy atom. The van der Waals surface area contributed by atoms with Crippen LogP contribution >= 0.6 is 11.3 Å². The normalized spacial score (nSPS) is 26.5. The Balaban J connectivity index is 1.78. The molecule has 0 radical (unpaired) electrons. The van der Waals surface area contributed by atoms with Crippen molar-refractivity contribution in [2.75, 3.05) is 19.6 Å². The molecule has 2 fully saturated rings. The molecule has 1 aromatic rings. The fourth-order valence-corrected chi connectivity index (χ4v) is 6.70. The molecule has 0 saturated carbocycles. The van der Waals surface area contributed by atoms with Gasteiger partial charge in [-0.2, -0.15) is 4.31 Å². The average molecular weight is 371 g/mol. The standard InChI is InChI=1S/C17H26N2O3S2/c1-13-5-3-10-18(12-9-13)17(20)15-6-4-11-19(15)24(21,22)16-8-7-14(2)23-16/h7-8,13,15H,3-6,9-12H2,1-2H3. The van der Waals surface area contributed by atoms with Crippen LogP contribution in [0.1, 0.15) is 43.9 Å². The molecule has 0 aromatic carbocycles. The fraction of sp³-hybridized carbons (Fsp3) is 0.706. The van der Waals surface area contributed by atoms with E-state index < -0.39 is 16.1 Å². The summed E-state index contributed by atoms with van der Waals surface area (Å²) < 4.78 is 27.7. The van der Waals surface area contributed by atoms with E-state index in [-0.39, 0.29) is 5.91 Å². The van der Waals surface area contributed by atoms with Crippen LogP contribution in [0.5, 0.6) is 0 Å². The zero-order valence-electron chi connectivity index (χ0n) is 14.4. The number of thiophene rings is 1. The molecule has 2 aliphatic rings. The largest absolute Gasteiger partial charge is 0.341 e. The number of amides is 1. The van der Waals surface area contributed by atoms with Crippen LogP contribution in [0.2, 0.25) is 0 Å². The number of hydrogen-bond donors (Lipinski definition) is 0. The van der Waals surface area contributed by atoms with Crippen molar-refractivity contribution >= 4 is 27.3 Å². The van der Waals surface area contributed by atoms with E-state index in [1.165, 1.54) is 15.6 Å². The van der Waals surface area contributed by atoms with Gasteiger partial charge in [0.25, 0.3) is 10.0 Å². The predicted molar refractivity (Wildman–Crippen MR) is 95.6 cm³/mol. The molecule has 2 atom stereocenters. The summed E-state index contributed by atoms with van der Waals surface area (Å²) in [6.45, 7) is 6.07. The van der Waals surface area contributed by atoms with E-state index in [0.717, 1.165) is 43.6 Å². The third-order valence-corrected chi connectivity index (χ3v) is 8.47. The van der Waals surface area contributed by atoms with Crippen molar-refractivity contribution in [3.05, 3.63) is 17.0 Å². The first-order valence-electron chi connectivity index (χ1n) is 8.76. The monoisotopic (exact) mass is 370 g/mol. The van der Waals surface area contributed by atoms with Crippen LogP contribution in [0.25, 0.3) is 0 Å². The molecule has 24 heavy (non-hydrogen) atoms. The number of hydrogen-bond acceptors (Lipinski definition) is 4. The van der Waals surface area contributed by atoms with Crippen LogP contribution in [0.15, 0.2) is 16.3 Å². The van der Waals surface area contributed by atoms with Gasteiger partial charge in [0.1, 0.15) is 10.3 Å². The quantitative estimate of drug-likeness (QED) is 0.822. The minimum atomic E-state index is -3.57. The molecule has 3 heterocycles. The van der Waals surface area contributed by atoms with Crippen molar-refractivity contribution in [3.63, 3.8) is 0 Å². The average Bonchev–Trinajstić information content (AvgIpc) is 3.14. The van der Waals surface area contributed by atoms with Gasteiger partial charge in [0.05, 0.1) is 0 Å².